The van der Waals surface area contributed by atoms with Crippen LogP contribution in [0.1, 0.15) is 47.5 Å². The van der Waals surface area contributed by atoms with Gasteiger partial charge in [-0.1, -0.05) is 53.0 Å². The van der Waals surface area contributed by atoms with Crippen LogP contribution >= 0.6 is 0 Å². The zero-order valence-electron chi connectivity index (χ0n) is 10.6. The molecule has 0 nitrogen and oxygen atoms in total. The number of allylic oxidation sites excluding steroid dienone is 2. The first kappa shape index (κ1) is 11.9. The lowest BCUT2D eigenvalue weighted by Gasteiger charge is -2.16. The second kappa shape index (κ2) is 5.09. The van der Waals surface area contributed by atoms with Gasteiger partial charge in [0.05, 0.1) is 0 Å². The predicted molar refractivity (Wildman–Crippen MR) is 69.5 cm³/mol. The molecule has 0 atom stereocenters. The fourth-order valence-electron chi connectivity index (χ4n) is 3.61. The molecule has 1 aliphatic rings. The molecule has 0 spiro atoms. The van der Waals surface area contributed by atoms with Crippen molar-refractivity contribution in [3.8, 4) is 0 Å². The van der Waals surface area contributed by atoms with Crippen LogP contribution in [0.25, 0.3) is 0 Å². The molecule has 0 unspecified atom stereocenters. The Labute approximate surface area is 90.7 Å². The summed E-state index contributed by atoms with van der Waals surface area (Å²) in [6, 6.07) is 0. The third-order valence-electron chi connectivity index (χ3n) is 4.22. The van der Waals surface area contributed by atoms with Gasteiger partial charge in [0.15, 0.2) is 13.4 Å². The van der Waals surface area contributed by atoms with Crippen molar-refractivity contribution in [2.75, 3.05) is 0 Å². The number of hydrogen-bond acceptors (Lipinski definition) is 0. The van der Waals surface area contributed by atoms with Gasteiger partial charge >= 0.3 is 0 Å². The van der Waals surface area contributed by atoms with E-state index in [1.165, 1.54) is 25.5 Å². The fraction of sp³-hybridized carbons (Fsp3) is 0.833. The summed E-state index contributed by atoms with van der Waals surface area (Å²) < 4.78 is 0. The SMILES string of the molecule is CCB1C(CC)=C(CC)B(CC)C1C. The van der Waals surface area contributed by atoms with E-state index in [4.69, 9.17) is 0 Å². The summed E-state index contributed by atoms with van der Waals surface area (Å²) >= 11 is 0. The van der Waals surface area contributed by atoms with Crippen LogP contribution in [0.4, 0.5) is 0 Å². The van der Waals surface area contributed by atoms with E-state index in [-0.39, 0.29) is 0 Å². The molecule has 1 heterocycles. The Hall–Kier alpha value is -0.130. The topological polar surface area (TPSA) is 0 Å². The van der Waals surface area contributed by atoms with E-state index in [1.54, 1.807) is 10.9 Å². The van der Waals surface area contributed by atoms with Crippen LogP contribution in [-0.4, -0.2) is 13.4 Å². The van der Waals surface area contributed by atoms with Crippen LogP contribution in [0.2, 0.25) is 18.4 Å². The van der Waals surface area contributed by atoms with Crippen LogP contribution in [-0.2, 0) is 0 Å². The zero-order valence-corrected chi connectivity index (χ0v) is 10.6. The van der Waals surface area contributed by atoms with Crippen LogP contribution < -0.4 is 0 Å². The van der Waals surface area contributed by atoms with E-state index in [2.05, 4.69) is 34.6 Å². The maximum absolute atomic E-state index is 2.46. The standard InChI is InChI=1S/C12H24B2/c1-6-11-12(7-2)14(9-4)10(5)13(11)8-3/h10H,6-9H2,1-5H3. The van der Waals surface area contributed by atoms with Gasteiger partial charge in [-0.15, -0.1) is 10.9 Å². The average Bonchev–Trinajstić information content (AvgIpc) is 2.48. The van der Waals surface area contributed by atoms with Crippen molar-refractivity contribution >= 4 is 13.4 Å². The lowest BCUT2D eigenvalue weighted by molar-refractivity contribution is 1.09. The van der Waals surface area contributed by atoms with Crippen LogP contribution in [0.5, 0.6) is 0 Å². The van der Waals surface area contributed by atoms with Crippen molar-refractivity contribution in [1.82, 2.24) is 0 Å². The highest BCUT2D eigenvalue weighted by molar-refractivity contribution is 6.92. The number of hydrogen-bond donors (Lipinski definition) is 0. The minimum Gasteiger partial charge on any atom is -0.111 e. The molecule has 0 N–H and O–H groups in total. The quantitative estimate of drug-likeness (QED) is 0.584. The van der Waals surface area contributed by atoms with Gasteiger partial charge in [-0.05, 0) is 12.8 Å². The largest absolute Gasteiger partial charge is 0.165 e. The van der Waals surface area contributed by atoms with Gasteiger partial charge in [0, 0.05) is 0 Å². The minimum absolute atomic E-state index is 0.889. The Bertz CT molecular complexity index is 198. The van der Waals surface area contributed by atoms with E-state index in [9.17, 15) is 0 Å². The molecule has 0 aromatic heterocycles. The summed E-state index contributed by atoms with van der Waals surface area (Å²) in [5.41, 5.74) is 4.50. The molecule has 0 amide bonds. The molecule has 0 saturated heterocycles. The molecule has 0 aromatic carbocycles. The summed E-state index contributed by atoms with van der Waals surface area (Å²) in [6.07, 6.45) is 5.24. The van der Waals surface area contributed by atoms with Crippen molar-refractivity contribution in [2.45, 2.75) is 65.8 Å². The van der Waals surface area contributed by atoms with Crippen molar-refractivity contribution in [3.05, 3.63) is 10.9 Å². The molecule has 0 aromatic rings. The highest BCUT2D eigenvalue weighted by Crippen LogP contribution is 2.40. The molecule has 0 radical (unpaired) electrons. The van der Waals surface area contributed by atoms with Crippen LogP contribution in [0, 0.1) is 0 Å². The first-order valence-electron chi connectivity index (χ1n) is 6.42. The molecule has 14 heavy (non-hydrogen) atoms. The third-order valence-corrected chi connectivity index (χ3v) is 4.22. The average molecular weight is 190 g/mol. The Balaban J connectivity index is 2.98. The molecular formula is C12H24B2. The second-order valence-electron chi connectivity index (χ2n) is 4.65. The Morgan fingerprint density at radius 3 is 1.43 bits per heavy atom. The van der Waals surface area contributed by atoms with E-state index < -0.39 is 0 Å². The summed E-state index contributed by atoms with van der Waals surface area (Å²) in [5.74, 6) is 0. The molecule has 0 fully saturated rings. The molecule has 1 rings (SSSR count). The molecule has 0 saturated carbocycles. The van der Waals surface area contributed by atoms with E-state index in [0.29, 0.717) is 0 Å². The maximum Gasteiger partial charge on any atom is 0.165 e. The van der Waals surface area contributed by atoms with E-state index >= 15 is 0 Å². The molecular weight excluding hydrogens is 166 g/mol. The van der Waals surface area contributed by atoms with Crippen molar-refractivity contribution in [1.29, 1.82) is 0 Å². The van der Waals surface area contributed by atoms with Gasteiger partial charge < -0.3 is 0 Å². The van der Waals surface area contributed by atoms with Gasteiger partial charge in [0.1, 0.15) is 0 Å². The molecule has 2 heteroatoms. The molecule has 0 aliphatic carbocycles. The Kier molecular flexibility index (Phi) is 4.34. The van der Waals surface area contributed by atoms with Gasteiger partial charge in [0.2, 0.25) is 0 Å². The predicted octanol–water partition coefficient (Wildman–Crippen LogP) is 4.15. The fourth-order valence-corrected chi connectivity index (χ4v) is 3.61. The zero-order chi connectivity index (χ0) is 10.7. The molecule has 1 aliphatic heterocycles. The minimum atomic E-state index is 0.889. The maximum atomic E-state index is 2.46. The molecule has 0 bridgehead atoms. The first-order valence-corrected chi connectivity index (χ1v) is 6.42. The summed E-state index contributed by atoms with van der Waals surface area (Å²) in [7, 11) is 0. The smallest absolute Gasteiger partial charge is 0.111 e. The summed E-state index contributed by atoms with van der Waals surface area (Å²) in [6.45, 7) is 13.6. The summed E-state index contributed by atoms with van der Waals surface area (Å²) in [5, 5.41) is 0. The van der Waals surface area contributed by atoms with E-state index in [1.807, 2.05) is 0 Å². The van der Waals surface area contributed by atoms with Gasteiger partial charge in [0.25, 0.3) is 0 Å². The van der Waals surface area contributed by atoms with Crippen LogP contribution in [0.15, 0.2) is 10.9 Å². The van der Waals surface area contributed by atoms with E-state index in [0.717, 1.165) is 19.1 Å². The monoisotopic (exact) mass is 190 g/mol. The second-order valence-corrected chi connectivity index (χ2v) is 4.65. The highest BCUT2D eigenvalue weighted by Gasteiger charge is 2.40. The third kappa shape index (κ3) is 1.81. The normalized spacial score (nSPS) is 18.6. The van der Waals surface area contributed by atoms with Crippen LogP contribution in [0.3, 0.4) is 0 Å². The number of rotatable bonds is 4. The first-order chi connectivity index (χ1) is 6.71. The lowest BCUT2D eigenvalue weighted by atomic mass is 9.24. The van der Waals surface area contributed by atoms with Crippen molar-refractivity contribution < 1.29 is 0 Å². The van der Waals surface area contributed by atoms with Gasteiger partial charge in [-0.25, -0.2) is 0 Å². The van der Waals surface area contributed by atoms with Crippen molar-refractivity contribution in [3.63, 3.8) is 0 Å². The Morgan fingerprint density at radius 2 is 1.21 bits per heavy atom. The highest BCUT2D eigenvalue weighted by atomic mass is 14.1. The van der Waals surface area contributed by atoms with Gasteiger partial charge in [-0.3, -0.25) is 0 Å². The van der Waals surface area contributed by atoms with Crippen molar-refractivity contribution in [2.24, 2.45) is 0 Å². The lowest BCUT2D eigenvalue weighted by Crippen LogP contribution is -2.24. The molecule has 78 valence electrons. The summed E-state index contributed by atoms with van der Waals surface area (Å²) in [4.78, 5) is 0. The Morgan fingerprint density at radius 1 is 0.857 bits per heavy atom. The van der Waals surface area contributed by atoms with Gasteiger partial charge in [-0.2, -0.15) is 0 Å².